The summed E-state index contributed by atoms with van der Waals surface area (Å²) in [6, 6.07) is 9.42. The second-order valence-corrected chi connectivity index (χ2v) is 19.9. The molecule has 1 atom stereocenters. The van der Waals surface area contributed by atoms with Crippen molar-refractivity contribution >= 4 is 37.3 Å². The number of benzene rings is 3. The zero-order valence-electron chi connectivity index (χ0n) is 29.9. The van der Waals surface area contributed by atoms with E-state index in [9.17, 15) is 52.7 Å². The first-order valence-corrected chi connectivity index (χ1v) is 21.3. The van der Waals surface area contributed by atoms with Crippen molar-refractivity contribution in [2.24, 2.45) is 0 Å². The molecule has 6 rings (SSSR count). The zero-order valence-corrected chi connectivity index (χ0v) is 31.7. The van der Waals surface area contributed by atoms with Crippen LogP contribution in [0.4, 0.5) is 52.7 Å². The van der Waals surface area contributed by atoms with Crippen molar-refractivity contribution in [1.29, 1.82) is 0 Å². The van der Waals surface area contributed by atoms with E-state index < -0.39 is 79.1 Å². The highest BCUT2D eigenvalue weighted by atomic mass is 31.1. The molecule has 3 aliphatic rings. The van der Waals surface area contributed by atoms with Crippen molar-refractivity contribution in [3.05, 3.63) is 106 Å². The van der Waals surface area contributed by atoms with Gasteiger partial charge in [0.2, 0.25) is 0 Å². The topological polar surface area (TPSA) is 0 Å². The fourth-order valence-corrected chi connectivity index (χ4v) is 15.2. The minimum atomic E-state index is -5.29. The molecule has 3 aliphatic carbocycles. The SMILES string of the molecule is C[C@H](C1=C(c2ccccc2P(C2CCCCC2)C2CCCCC2)CC=C1)P(c1cc(C(F)(F)F)cc(C(F)(F)F)c1)c1cc(C(F)(F)F)cc(C(F)(F)F)c1. The molecule has 55 heavy (non-hydrogen) atoms. The number of hydrogen-bond donors (Lipinski definition) is 0. The highest BCUT2D eigenvalue weighted by Gasteiger charge is 2.42. The second-order valence-electron chi connectivity index (χ2n) is 14.6. The molecule has 2 saturated carbocycles. The maximum Gasteiger partial charge on any atom is 0.416 e. The van der Waals surface area contributed by atoms with E-state index in [0.717, 1.165) is 80.6 Å². The van der Waals surface area contributed by atoms with E-state index in [1.807, 2.05) is 18.2 Å². The van der Waals surface area contributed by atoms with Gasteiger partial charge in [-0.05, 0) is 120 Å². The lowest BCUT2D eigenvalue weighted by Gasteiger charge is -2.40. The Hall–Kier alpha value is -2.84. The van der Waals surface area contributed by atoms with Crippen LogP contribution in [0.2, 0.25) is 0 Å². The van der Waals surface area contributed by atoms with Crippen LogP contribution in [0, 0.1) is 0 Å². The lowest BCUT2D eigenvalue weighted by molar-refractivity contribution is -0.144. The third kappa shape index (κ3) is 9.49. The average molecular weight is 823 g/mol. The summed E-state index contributed by atoms with van der Waals surface area (Å²) >= 11 is 0. The standard InChI is InChI=1S/C41H40F12P2/c1-25(34-16-10-17-35(34)36-15-8-9-18-37(36)55(30-11-4-2-5-12-30)31-13-6-3-7-14-31)54(32-21-26(38(42,43)44)19-27(22-32)39(45,46)47)33-23-28(40(48,49)50)20-29(24-33)41(51,52)53/h8-10,15-16,18-25,30-31H,2-7,11-14,17H2,1H3/t25-/m1/s1. The molecular weight excluding hydrogens is 782 g/mol. The van der Waals surface area contributed by atoms with E-state index in [-0.39, 0.29) is 12.1 Å². The maximum absolute atomic E-state index is 14.2. The molecule has 0 aliphatic heterocycles. The zero-order chi connectivity index (χ0) is 39.9. The summed E-state index contributed by atoms with van der Waals surface area (Å²) in [4.78, 5) is 0. The van der Waals surface area contributed by atoms with Gasteiger partial charge in [0.25, 0.3) is 0 Å². The number of hydrogen-bond acceptors (Lipinski definition) is 0. The summed E-state index contributed by atoms with van der Waals surface area (Å²) in [6.45, 7) is 1.48. The maximum atomic E-state index is 14.2. The largest absolute Gasteiger partial charge is 0.416 e. The summed E-state index contributed by atoms with van der Waals surface area (Å²) in [5.74, 6) is 0. The molecule has 3 aromatic carbocycles. The predicted molar refractivity (Wildman–Crippen MR) is 196 cm³/mol. The van der Waals surface area contributed by atoms with Crippen LogP contribution in [0.25, 0.3) is 5.57 Å². The van der Waals surface area contributed by atoms with Gasteiger partial charge in [0.05, 0.1) is 22.3 Å². The molecule has 0 saturated heterocycles. The number of rotatable bonds is 8. The lowest BCUT2D eigenvalue weighted by Crippen LogP contribution is -2.28. The minimum Gasteiger partial charge on any atom is -0.166 e. The molecule has 0 spiro atoms. The van der Waals surface area contributed by atoms with E-state index in [2.05, 4.69) is 6.07 Å². The van der Waals surface area contributed by atoms with E-state index in [4.69, 9.17) is 0 Å². The van der Waals surface area contributed by atoms with Gasteiger partial charge in [0, 0.05) is 5.66 Å². The van der Waals surface area contributed by atoms with Gasteiger partial charge in [-0.3, -0.25) is 0 Å². The van der Waals surface area contributed by atoms with E-state index in [1.165, 1.54) is 6.92 Å². The van der Waals surface area contributed by atoms with Gasteiger partial charge in [0.1, 0.15) is 0 Å². The number of alkyl halides is 12. The Bertz CT molecular complexity index is 1730. The Morgan fingerprint density at radius 2 is 0.945 bits per heavy atom. The molecular formula is C41H40F12P2. The van der Waals surface area contributed by atoms with Gasteiger partial charge in [-0.2, -0.15) is 52.7 Å². The van der Waals surface area contributed by atoms with Crippen LogP contribution in [-0.4, -0.2) is 17.0 Å². The van der Waals surface area contributed by atoms with Crippen LogP contribution in [0.1, 0.15) is 105 Å². The van der Waals surface area contributed by atoms with Crippen LogP contribution in [0.3, 0.4) is 0 Å². The van der Waals surface area contributed by atoms with Crippen molar-refractivity contribution in [2.75, 3.05) is 0 Å². The van der Waals surface area contributed by atoms with Crippen LogP contribution >= 0.6 is 15.8 Å². The molecule has 0 heterocycles. The lowest BCUT2D eigenvalue weighted by atomic mass is 9.99. The Morgan fingerprint density at radius 3 is 1.35 bits per heavy atom. The molecule has 0 amide bonds. The van der Waals surface area contributed by atoms with Crippen molar-refractivity contribution in [3.63, 3.8) is 0 Å². The molecule has 3 aromatic rings. The van der Waals surface area contributed by atoms with Gasteiger partial charge in [-0.25, -0.2) is 0 Å². The van der Waals surface area contributed by atoms with Gasteiger partial charge >= 0.3 is 24.7 Å². The fraction of sp³-hybridized carbons (Fsp3) is 0.463. The van der Waals surface area contributed by atoms with Crippen molar-refractivity contribution in [2.45, 2.75) is 119 Å². The molecule has 2 fully saturated rings. The molecule has 0 radical (unpaired) electrons. The van der Waals surface area contributed by atoms with E-state index in [0.29, 0.717) is 47.6 Å². The number of halogens is 12. The third-order valence-electron chi connectivity index (χ3n) is 10.9. The van der Waals surface area contributed by atoms with E-state index in [1.54, 1.807) is 12.2 Å². The Morgan fingerprint density at radius 1 is 0.545 bits per heavy atom. The number of allylic oxidation sites excluding steroid dienone is 4. The quantitative estimate of drug-likeness (QED) is 0.157. The summed E-state index contributed by atoms with van der Waals surface area (Å²) in [5, 5.41) is -0.116. The summed E-state index contributed by atoms with van der Waals surface area (Å²) in [7, 11) is -3.44. The first-order chi connectivity index (χ1) is 25.7. The van der Waals surface area contributed by atoms with Gasteiger partial charge in [-0.1, -0.05) is 89.8 Å². The van der Waals surface area contributed by atoms with Crippen LogP contribution in [-0.2, 0) is 24.7 Å². The Labute approximate surface area is 315 Å². The third-order valence-corrected chi connectivity index (χ3v) is 17.2. The summed E-state index contributed by atoms with van der Waals surface area (Å²) < 4.78 is 170. The smallest absolute Gasteiger partial charge is 0.166 e. The van der Waals surface area contributed by atoms with Gasteiger partial charge < -0.3 is 0 Å². The minimum absolute atomic E-state index is 0.0931. The highest BCUT2D eigenvalue weighted by molar-refractivity contribution is 7.73. The molecule has 0 nitrogen and oxygen atoms in total. The Balaban J connectivity index is 1.58. The fourth-order valence-electron chi connectivity index (χ4n) is 8.43. The summed E-state index contributed by atoms with van der Waals surface area (Å²) in [6.07, 6.45) is -6.29. The highest BCUT2D eigenvalue weighted by Crippen LogP contribution is 2.57. The molecule has 0 N–H and O–H groups in total. The second kappa shape index (κ2) is 16.2. The van der Waals surface area contributed by atoms with Crippen LogP contribution in [0.15, 0.2) is 78.4 Å². The molecule has 0 bridgehead atoms. The average Bonchev–Trinajstić information content (AvgIpc) is 3.61. The predicted octanol–water partition coefficient (Wildman–Crippen LogP) is 13.8. The van der Waals surface area contributed by atoms with Crippen molar-refractivity contribution < 1.29 is 52.7 Å². The monoisotopic (exact) mass is 822 g/mol. The van der Waals surface area contributed by atoms with Gasteiger partial charge in [0.15, 0.2) is 0 Å². The van der Waals surface area contributed by atoms with Crippen LogP contribution < -0.4 is 15.9 Å². The van der Waals surface area contributed by atoms with Crippen molar-refractivity contribution in [1.82, 2.24) is 0 Å². The molecule has 0 aromatic heterocycles. The van der Waals surface area contributed by atoms with E-state index >= 15 is 0 Å². The normalized spacial score (nSPS) is 18.9. The molecule has 0 unspecified atom stereocenters. The molecule has 298 valence electrons. The van der Waals surface area contributed by atoms with Gasteiger partial charge in [-0.15, -0.1) is 0 Å². The van der Waals surface area contributed by atoms with Crippen LogP contribution in [0.5, 0.6) is 0 Å². The molecule has 14 heteroatoms. The summed E-state index contributed by atoms with van der Waals surface area (Å²) in [5.41, 5.74) is -4.87. The first kappa shape index (κ1) is 41.8. The Kier molecular flexibility index (Phi) is 12.3. The van der Waals surface area contributed by atoms with Crippen molar-refractivity contribution in [3.8, 4) is 0 Å². The first-order valence-electron chi connectivity index (χ1n) is 18.4.